The van der Waals surface area contributed by atoms with Crippen molar-refractivity contribution in [2.45, 2.75) is 63.7 Å². The molecule has 1 aliphatic heterocycles. The van der Waals surface area contributed by atoms with Gasteiger partial charge < -0.3 is 39.9 Å². The van der Waals surface area contributed by atoms with E-state index in [9.17, 15) is 19.2 Å². The fraction of sp³-hybridized carbons (Fsp3) is 0.269. The quantitative estimate of drug-likeness (QED) is 0.0904. The Morgan fingerprint density at radius 3 is 2.18 bits per heavy atom. The van der Waals surface area contributed by atoms with E-state index in [0.717, 1.165) is 64.2 Å². The number of fused-ring (bicyclic) bond motifs is 3. The number of nitrogens with zero attached hydrogens (tertiary/aromatic N) is 4. The largest absolute Gasteiger partial charge is 0.453 e. The lowest BCUT2D eigenvalue weighted by Crippen LogP contribution is -2.45. The maximum Gasteiger partial charge on any atom is 0.407 e. The van der Waals surface area contributed by atoms with Crippen molar-refractivity contribution in [3.05, 3.63) is 154 Å². The van der Waals surface area contributed by atoms with Gasteiger partial charge in [0.15, 0.2) is 6.04 Å². The van der Waals surface area contributed by atoms with Crippen LogP contribution in [0, 0.1) is 23.7 Å². The first kappa shape index (κ1) is 44.5. The molecule has 0 fully saturated rings. The van der Waals surface area contributed by atoms with Gasteiger partial charge in [-0.25, -0.2) is 19.6 Å². The van der Waals surface area contributed by atoms with Crippen LogP contribution < -0.4 is 10.6 Å². The number of rotatable bonds is 12. The molecular formula is C52H50N8O6. The van der Waals surface area contributed by atoms with E-state index in [1.54, 1.807) is 28.1 Å². The first-order chi connectivity index (χ1) is 32.1. The minimum atomic E-state index is -0.960. The Balaban J connectivity index is 0.951. The van der Waals surface area contributed by atoms with E-state index in [4.69, 9.17) is 14.5 Å². The molecule has 2 aliphatic rings. The molecule has 2 aromatic heterocycles. The minimum Gasteiger partial charge on any atom is -0.453 e. The lowest BCUT2D eigenvalue weighted by molar-refractivity contribution is -0.136. The Kier molecular flexibility index (Phi) is 13.6. The van der Waals surface area contributed by atoms with Gasteiger partial charge in [-0.15, -0.1) is 0 Å². The summed E-state index contributed by atoms with van der Waals surface area (Å²) in [6.45, 7) is 4.81. The first-order valence-corrected chi connectivity index (χ1v) is 21.9. The van der Waals surface area contributed by atoms with Gasteiger partial charge in [-0.2, -0.15) is 0 Å². The van der Waals surface area contributed by atoms with Crippen LogP contribution in [0.15, 0.2) is 109 Å². The lowest BCUT2D eigenvalue weighted by atomic mass is 9.91. The van der Waals surface area contributed by atoms with Crippen LogP contribution in [-0.2, 0) is 31.9 Å². The van der Waals surface area contributed by atoms with Crippen molar-refractivity contribution in [1.82, 2.24) is 40.4 Å². The highest BCUT2D eigenvalue weighted by Crippen LogP contribution is 2.35. The molecule has 1 aliphatic carbocycles. The summed E-state index contributed by atoms with van der Waals surface area (Å²) in [7, 11) is 2.54. The molecule has 334 valence electrons. The fourth-order valence-electron chi connectivity index (χ4n) is 8.34. The van der Waals surface area contributed by atoms with E-state index in [-0.39, 0.29) is 11.8 Å². The number of aromatic nitrogens is 4. The monoisotopic (exact) mass is 882 g/mol. The molecule has 4 N–H and O–H groups in total. The number of H-pyrrole nitrogens is 2. The molecule has 0 spiro atoms. The van der Waals surface area contributed by atoms with Crippen molar-refractivity contribution in [3.63, 3.8) is 0 Å². The summed E-state index contributed by atoms with van der Waals surface area (Å²) in [4.78, 5) is 72.8. The van der Waals surface area contributed by atoms with Crippen LogP contribution in [0.3, 0.4) is 0 Å². The van der Waals surface area contributed by atoms with Crippen LogP contribution in [0.5, 0.6) is 0 Å². The normalized spacial score (nSPS) is 14.9. The van der Waals surface area contributed by atoms with Crippen molar-refractivity contribution in [2.24, 2.45) is 0 Å². The van der Waals surface area contributed by atoms with Crippen molar-refractivity contribution >= 4 is 24.0 Å². The molecule has 4 aromatic carbocycles. The van der Waals surface area contributed by atoms with Gasteiger partial charge in [-0.1, -0.05) is 109 Å². The summed E-state index contributed by atoms with van der Waals surface area (Å²) in [5.41, 5.74) is 8.74. The Bertz CT molecular complexity index is 2850. The highest BCUT2D eigenvalue weighted by molar-refractivity contribution is 5.88. The molecule has 66 heavy (non-hydrogen) atoms. The molecule has 0 bridgehead atoms. The Hall–Kier alpha value is -8.10. The molecule has 3 heterocycles. The summed E-state index contributed by atoms with van der Waals surface area (Å²) in [6.07, 6.45) is 3.11. The second-order valence-corrected chi connectivity index (χ2v) is 16.0. The third-order valence-electron chi connectivity index (χ3n) is 11.8. The van der Waals surface area contributed by atoms with E-state index in [1.165, 1.54) is 14.2 Å². The molecule has 0 radical (unpaired) electrons. The van der Waals surface area contributed by atoms with Crippen molar-refractivity contribution in [2.75, 3.05) is 27.3 Å². The van der Waals surface area contributed by atoms with E-state index < -0.39 is 36.4 Å². The zero-order valence-corrected chi connectivity index (χ0v) is 37.2. The van der Waals surface area contributed by atoms with Crippen LogP contribution in [0.25, 0.3) is 22.5 Å². The predicted octanol–water partition coefficient (Wildman–Crippen LogP) is 7.74. The molecule has 8 rings (SSSR count). The zero-order valence-electron chi connectivity index (χ0n) is 37.2. The first-order valence-electron chi connectivity index (χ1n) is 21.9. The number of alkyl carbamates (subject to hydrolysis) is 2. The van der Waals surface area contributed by atoms with Crippen molar-refractivity contribution in [3.8, 4) is 46.2 Å². The van der Waals surface area contributed by atoms with E-state index in [0.29, 0.717) is 42.3 Å². The number of ether oxygens (including phenoxy) is 2. The van der Waals surface area contributed by atoms with Crippen LogP contribution in [0.2, 0.25) is 0 Å². The van der Waals surface area contributed by atoms with Crippen LogP contribution in [-0.4, -0.2) is 81.0 Å². The topological polar surface area (TPSA) is 175 Å². The van der Waals surface area contributed by atoms with Crippen LogP contribution in [0.1, 0.15) is 96.0 Å². The molecule has 4 amide bonds. The number of aryl methyl sites for hydroxylation is 2. The average molecular weight is 883 g/mol. The lowest BCUT2D eigenvalue weighted by Gasteiger charge is -2.32. The van der Waals surface area contributed by atoms with Crippen molar-refractivity contribution < 1.29 is 28.7 Å². The number of carbonyl (C=O) groups is 4. The van der Waals surface area contributed by atoms with E-state index in [1.807, 2.05) is 92.7 Å². The number of benzene rings is 4. The summed E-state index contributed by atoms with van der Waals surface area (Å²) in [6, 6.07) is 29.3. The van der Waals surface area contributed by atoms with Crippen molar-refractivity contribution in [1.29, 1.82) is 0 Å². The highest BCUT2D eigenvalue weighted by Gasteiger charge is 2.35. The number of amides is 4. The molecule has 4 atom stereocenters. The number of hydrogen-bond donors (Lipinski definition) is 4. The fourth-order valence-corrected chi connectivity index (χ4v) is 8.34. The highest BCUT2D eigenvalue weighted by atomic mass is 16.5. The number of carbonyl (C=O) groups excluding carboxylic acids is 4. The second kappa shape index (κ2) is 20.2. The Morgan fingerprint density at radius 2 is 1.50 bits per heavy atom. The summed E-state index contributed by atoms with van der Waals surface area (Å²) in [5.74, 6) is 13.6. The number of aromatic amines is 2. The molecule has 6 aromatic rings. The minimum absolute atomic E-state index is 0.249. The summed E-state index contributed by atoms with van der Waals surface area (Å²) in [5, 5.41) is 5.41. The van der Waals surface area contributed by atoms with Gasteiger partial charge >= 0.3 is 12.2 Å². The molecule has 0 saturated carbocycles. The molecular weight excluding hydrogens is 833 g/mol. The molecule has 14 nitrogen and oxygen atoms in total. The van der Waals surface area contributed by atoms with Gasteiger partial charge in [0.05, 0.1) is 37.8 Å². The third kappa shape index (κ3) is 9.68. The van der Waals surface area contributed by atoms with Gasteiger partial charge in [-0.05, 0) is 72.7 Å². The summed E-state index contributed by atoms with van der Waals surface area (Å²) >= 11 is 0. The molecule has 14 heteroatoms. The number of imidazole rings is 2. The predicted molar refractivity (Wildman–Crippen MR) is 248 cm³/mol. The standard InChI is InChI=1S/C52H50N8O6/c1-5-29-59(49(61)44(57-51(63)65-3)37-14-8-6-9-15-37)33(2)47-54-41-28-26-39-31-35(23-27-40(39)46(41)56-47)20-19-34-21-24-36(25-22-34)42-32-53-48(55-42)43-18-12-13-30-60(43)50(62)45(58-52(64)66-4)38-16-10-7-11-17-38/h6-11,14-17,21-25,27,31-33,43-45H,5,13,26,28-30H2,1-4H3,(H,53,55)(H,54,56)(H,57,63)(H,58,64). The SMILES string of the molecule is CCCN(C(=O)C(NC(=O)OC)c1ccccc1)C(C)c1nc2c([nH]1)CCc1cc(C#Cc3ccc(-c4cnc(C5C#CCCN5C(=O)C(NC(=O)OC)c5ccccc5)[nH]4)cc3)ccc1-2. The molecule has 0 saturated heterocycles. The van der Waals surface area contributed by atoms with Gasteiger partial charge in [0.1, 0.15) is 23.7 Å². The number of nitrogens with one attached hydrogen (secondary N) is 4. The Labute approximate surface area is 383 Å². The smallest absolute Gasteiger partial charge is 0.407 e. The second-order valence-electron chi connectivity index (χ2n) is 16.0. The Morgan fingerprint density at radius 1 is 0.848 bits per heavy atom. The van der Waals surface area contributed by atoms with Gasteiger partial charge in [0.2, 0.25) is 0 Å². The van der Waals surface area contributed by atoms with Gasteiger partial charge in [-0.3, -0.25) is 9.59 Å². The van der Waals surface area contributed by atoms with E-state index in [2.05, 4.69) is 61.4 Å². The zero-order chi connectivity index (χ0) is 46.2. The van der Waals surface area contributed by atoms with E-state index >= 15 is 0 Å². The van der Waals surface area contributed by atoms with Crippen LogP contribution >= 0.6 is 0 Å². The van der Waals surface area contributed by atoms with Crippen LogP contribution in [0.4, 0.5) is 9.59 Å². The molecule has 4 unspecified atom stereocenters. The third-order valence-corrected chi connectivity index (χ3v) is 11.8. The maximum absolute atomic E-state index is 14.2. The van der Waals surface area contributed by atoms with Gasteiger partial charge in [0.25, 0.3) is 11.8 Å². The van der Waals surface area contributed by atoms with Gasteiger partial charge in [0, 0.05) is 41.9 Å². The average Bonchev–Trinajstić information content (AvgIpc) is 4.05. The summed E-state index contributed by atoms with van der Waals surface area (Å²) < 4.78 is 9.69. The number of methoxy groups -OCH3 is 2. The number of hydrogen-bond acceptors (Lipinski definition) is 8. The maximum atomic E-state index is 14.2.